The maximum absolute atomic E-state index is 12.5. The van der Waals surface area contributed by atoms with Crippen molar-refractivity contribution in [3.05, 3.63) is 24.3 Å². The number of hydrogen-bond donors (Lipinski definition) is 1. The highest BCUT2D eigenvalue weighted by atomic mass is 16.6. The first-order valence-corrected chi connectivity index (χ1v) is 10.7. The van der Waals surface area contributed by atoms with E-state index >= 15 is 0 Å². The number of unbranched alkanes of at least 4 members (excludes halogenated alkanes) is 2. The molecule has 0 bridgehead atoms. The molecule has 1 unspecified atom stereocenters. The van der Waals surface area contributed by atoms with Gasteiger partial charge in [-0.15, -0.1) is 0 Å². The number of amides is 1. The summed E-state index contributed by atoms with van der Waals surface area (Å²) in [6.07, 6.45) is 10.1. The molecule has 0 aromatic heterocycles. The van der Waals surface area contributed by atoms with Gasteiger partial charge in [0.05, 0.1) is 6.61 Å². The SMILES string of the molecule is CCCCCOc1cccc(NC(=O)OC2CCCC[C@H]2N2CCCC2)c1. The van der Waals surface area contributed by atoms with Crippen molar-refractivity contribution in [2.45, 2.75) is 76.9 Å². The Morgan fingerprint density at radius 3 is 2.78 bits per heavy atom. The van der Waals surface area contributed by atoms with Crippen LogP contribution in [0, 0.1) is 0 Å². The fourth-order valence-electron chi connectivity index (χ4n) is 4.20. The van der Waals surface area contributed by atoms with Crippen LogP contribution in [0.25, 0.3) is 0 Å². The summed E-state index contributed by atoms with van der Waals surface area (Å²) in [5.41, 5.74) is 0.724. The summed E-state index contributed by atoms with van der Waals surface area (Å²) >= 11 is 0. The normalized spacial score (nSPS) is 23.1. The third-order valence-electron chi connectivity index (χ3n) is 5.63. The lowest BCUT2D eigenvalue weighted by Gasteiger charge is -2.37. The molecule has 5 heteroatoms. The van der Waals surface area contributed by atoms with Crippen LogP contribution in [-0.2, 0) is 4.74 Å². The molecule has 1 saturated heterocycles. The first-order chi connectivity index (χ1) is 13.3. The number of carbonyl (C=O) groups excluding carboxylic acids is 1. The van der Waals surface area contributed by atoms with E-state index in [2.05, 4.69) is 17.1 Å². The lowest BCUT2D eigenvalue weighted by molar-refractivity contribution is 0.0176. The quantitative estimate of drug-likeness (QED) is 0.635. The Morgan fingerprint density at radius 2 is 1.96 bits per heavy atom. The van der Waals surface area contributed by atoms with Gasteiger partial charge in [-0.1, -0.05) is 32.3 Å². The van der Waals surface area contributed by atoms with E-state index in [0.29, 0.717) is 12.6 Å². The summed E-state index contributed by atoms with van der Waals surface area (Å²) in [6.45, 7) is 5.17. The average molecular weight is 375 g/mol. The first kappa shape index (κ1) is 20.0. The highest BCUT2D eigenvalue weighted by molar-refractivity contribution is 5.85. The lowest BCUT2D eigenvalue weighted by atomic mass is 9.91. The number of benzene rings is 1. The van der Waals surface area contributed by atoms with E-state index in [1.54, 1.807) is 0 Å². The zero-order valence-electron chi connectivity index (χ0n) is 16.6. The molecule has 1 aliphatic carbocycles. The van der Waals surface area contributed by atoms with E-state index in [0.717, 1.165) is 50.2 Å². The van der Waals surface area contributed by atoms with Crippen molar-refractivity contribution in [3.8, 4) is 5.75 Å². The molecule has 0 radical (unpaired) electrons. The van der Waals surface area contributed by atoms with Gasteiger partial charge in [-0.2, -0.15) is 0 Å². The van der Waals surface area contributed by atoms with Gasteiger partial charge in [0.25, 0.3) is 0 Å². The van der Waals surface area contributed by atoms with Crippen LogP contribution >= 0.6 is 0 Å². The van der Waals surface area contributed by atoms with Crippen LogP contribution in [0.2, 0.25) is 0 Å². The number of hydrogen-bond acceptors (Lipinski definition) is 4. The second-order valence-corrected chi connectivity index (χ2v) is 7.75. The molecule has 1 amide bonds. The molecular weight excluding hydrogens is 340 g/mol. The van der Waals surface area contributed by atoms with E-state index in [4.69, 9.17) is 9.47 Å². The number of anilines is 1. The number of ether oxygens (including phenoxy) is 2. The van der Waals surface area contributed by atoms with E-state index < -0.39 is 0 Å². The van der Waals surface area contributed by atoms with Gasteiger partial charge in [0.1, 0.15) is 11.9 Å². The van der Waals surface area contributed by atoms with Crippen LogP contribution in [0.15, 0.2) is 24.3 Å². The Kier molecular flexibility index (Phi) is 7.81. The van der Waals surface area contributed by atoms with E-state index in [1.807, 2.05) is 24.3 Å². The third-order valence-corrected chi connectivity index (χ3v) is 5.63. The molecule has 2 fully saturated rings. The summed E-state index contributed by atoms with van der Waals surface area (Å²) in [4.78, 5) is 15.0. The van der Waals surface area contributed by atoms with Crippen LogP contribution < -0.4 is 10.1 Å². The van der Waals surface area contributed by atoms with Gasteiger partial charge in [-0.05, 0) is 63.7 Å². The molecule has 1 aromatic rings. The molecule has 2 atom stereocenters. The van der Waals surface area contributed by atoms with E-state index in [1.165, 1.54) is 32.1 Å². The summed E-state index contributed by atoms with van der Waals surface area (Å²) in [5, 5.41) is 2.88. The minimum Gasteiger partial charge on any atom is -0.494 e. The highest BCUT2D eigenvalue weighted by Gasteiger charge is 2.34. The largest absolute Gasteiger partial charge is 0.494 e. The first-order valence-electron chi connectivity index (χ1n) is 10.7. The molecule has 1 N–H and O–H groups in total. The molecule has 1 aromatic carbocycles. The molecule has 1 aliphatic heterocycles. The predicted octanol–water partition coefficient (Wildman–Crippen LogP) is 5.21. The van der Waals surface area contributed by atoms with Crippen LogP contribution in [0.4, 0.5) is 10.5 Å². The smallest absolute Gasteiger partial charge is 0.411 e. The summed E-state index contributed by atoms with van der Waals surface area (Å²) < 4.78 is 11.6. The van der Waals surface area contributed by atoms with Crippen LogP contribution in [0.1, 0.15) is 64.7 Å². The van der Waals surface area contributed by atoms with Crippen molar-refractivity contribution in [3.63, 3.8) is 0 Å². The fourth-order valence-corrected chi connectivity index (χ4v) is 4.20. The molecule has 150 valence electrons. The molecule has 0 spiro atoms. The second-order valence-electron chi connectivity index (χ2n) is 7.75. The van der Waals surface area contributed by atoms with Crippen molar-refractivity contribution in [1.82, 2.24) is 4.90 Å². The third kappa shape index (κ3) is 6.13. The van der Waals surface area contributed by atoms with Crippen molar-refractivity contribution in [1.29, 1.82) is 0 Å². The zero-order valence-corrected chi connectivity index (χ0v) is 16.6. The van der Waals surface area contributed by atoms with Crippen molar-refractivity contribution in [2.75, 3.05) is 25.0 Å². The number of likely N-dealkylation sites (tertiary alicyclic amines) is 1. The molecule has 27 heavy (non-hydrogen) atoms. The van der Waals surface area contributed by atoms with Crippen molar-refractivity contribution >= 4 is 11.8 Å². The molecule has 2 aliphatic rings. The minimum absolute atomic E-state index is 0.00493. The van der Waals surface area contributed by atoms with Crippen molar-refractivity contribution < 1.29 is 14.3 Å². The Hall–Kier alpha value is -1.75. The van der Waals surface area contributed by atoms with Gasteiger partial charge < -0.3 is 9.47 Å². The molecular formula is C22H34N2O3. The van der Waals surface area contributed by atoms with Gasteiger partial charge in [-0.3, -0.25) is 10.2 Å². The Labute approximate surface area is 163 Å². The van der Waals surface area contributed by atoms with Gasteiger partial charge in [-0.25, -0.2) is 4.79 Å². The summed E-state index contributed by atoms with van der Waals surface area (Å²) in [5.74, 6) is 0.788. The van der Waals surface area contributed by atoms with Gasteiger partial charge in [0, 0.05) is 17.8 Å². The molecule has 1 saturated carbocycles. The predicted molar refractivity (Wildman–Crippen MR) is 108 cm³/mol. The average Bonchev–Trinajstić information content (AvgIpc) is 3.20. The van der Waals surface area contributed by atoms with Gasteiger partial charge >= 0.3 is 6.09 Å². The van der Waals surface area contributed by atoms with Crippen LogP contribution in [-0.4, -0.2) is 42.8 Å². The monoisotopic (exact) mass is 374 g/mol. The Bertz CT molecular complexity index is 587. The van der Waals surface area contributed by atoms with Crippen LogP contribution in [0.5, 0.6) is 5.75 Å². The van der Waals surface area contributed by atoms with E-state index in [-0.39, 0.29) is 12.2 Å². The minimum atomic E-state index is -0.353. The Morgan fingerprint density at radius 1 is 1.15 bits per heavy atom. The fraction of sp³-hybridized carbons (Fsp3) is 0.682. The topological polar surface area (TPSA) is 50.8 Å². The zero-order chi connectivity index (χ0) is 18.9. The molecule has 1 heterocycles. The second kappa shape index (κ2) is 10.5. The van der Waals surface area contributed by atoms with Gasteiger partial charge in [0.2, 0.25) is 0 Å². The maximum Gasteiger partial charge on any atom is 0.411 e. The lowest BCUT2D eigenvalue weighted by Crippen LogP contribution is -2.46. The number of rotatable bonds is 8. The summed E-state index contributed by atoms with van der Waals surface area (Å²) in [6, 6.07) is 7.96. The maximum atomic E-state index is 12.5. The van der Waals surface area contributed by atoms with Crippen LogP contribution in [0.3, 0.4) is 0 Å². The standard InChI is InChI=1S/C22H34N2O3/c1-2-3-8-16-26-19-11-9-10-18(17-19)23-22(25)27-21-13-5-4-12-20(21)24-14-6-7-15-24/h9-11,17,20-21H,2-8,12-16H2,1H3,(H,23,25)/t20-,21?/m1/s1. The Balaban J connectivity index is 1.50. The molecule has 3 rings (SSSR count). The van der Waals surface area contributed by atoms with Crippen molar-refractivity contribution in [2.24, 2.45) is 0 Å². The van der Waals surface area contributed by atoms with E-state index in [9.17, 15) is 4.79 Å². The highest BCUT2D eigenvalue weighted by Crippen LogP contribution is 2.28. The summed E-state index contributed by atoms with van der Waals surface area (Å²) in [7, 11) is 0. The van der Waals surface area contributed by atoms with Gasteiger partial charge in [0.15, 0.2) is 0 Å². The number of nitrogens with one attached hydrogen (secondary N) is 1. The number of nitrogens with zero attached hydrogens (tertiary/aromatic N) is 1. The number of carbonyl (C=O) groups is 1. The molecule has 5 nitrogen and oxygen atoms in total.